The Labute approximate surface area is 130 Å². The molecule has 1 aromatic rings. The SMILES string of the molecule is CC(C)(C)OC(=O)NC1C2CCC(N2)C1c1ccc(F)cc1. The molecule has 1 amide bonds. The molecule has 0 saturated carbocycles. The van der Waals surface area contributed by atoms with Crippen LogP contribution in [-0.2, 0) is 4.74 Å². The van der Waals surface area contributed by atoms with Crippen LogP contribution in [0, 0.1) is 5.82 Å². The predicted molar refractivity (Wildman–Crippen MR) is 82.2 cm³/mol. The van der Waals surface area contributed by atoms with E-state index in [1.54, 1.807) is 0 Å². The average Bonchev–Trinajstić information content (AvgIpc) is 2.98. The first-order chi connectivity index (χ1) is 10.3. The van der Waals surface area contributed by atoms with Crippen molar-refractivity contribution in [1.29, 1.82) is 0 Å². The van der Waals surface area contributed by atoms with Gasteiger partial charge in [-0.2, -0.15) is 0 Å². The molecule has 3 rings (SSSR count). The minimum absolute atomic E-state index is 0.0148. The standard InChI is InChI=1S/C17H23FN2O2/c1-17(2,3)22-16(21)20-15-13-9-8-12(19-13)14(15)10-4-6-11(18)7-5-10/h4-7,12-15,19H,8-9H2,1-3H3,(H,20,21). The number of benzene rings is 1. The molecule has 0 aromatic heterocycles. The van der Waals surface area contributed by atoms with Crippen LogP contribution in [0.3, 0.4) is 0 Å². The highest BCUT2D eigenvalue weighted by atomic mass is 19.1. The fourth-order valence-corrected chi connectivity index (χ4v) is 3.63. The van der Waals surface area contributed by atoms with Gasteiger partial charge < -0.3 is 15.4 Å². The summed E-state index contributed by atoms with van der Waals surface area (Å²) in [7, 11) is 0. The van der Waals surface area contributed by atoms with Gasteiger partial charge in [0.2, 0.25) is 0 Å². The lowest BCUT2D eigenvalue weighted by molar-refractivity contribution is 0.0491. The van der Waals surface area contributed by atoms with E-state index in [-0.39, 0.29) is 29.9 Å². The van der Waals surface area contributed by atoms with Gasteiger partial charge in [-0.3, -0.25) is 0 Å². The maximum absolute atomic E-state index is 13.1. The Morgan fingerprint density at radius 2 is 1.86 bits per heavy atom. The first-order valence-electron chi connectivity index (χ1n) is 7.84. The monoisotopic (exact) mass is 306 g/mol. The summed E-state index contributed by atoms with van der Waals surface area (Å²) in [5, 5.41) is 6.56. The molecule has 2 fully saturated rings. The Morgan fingerprint density at radius 3 is 2.50 bits per heavy atom. The molecule has 2 bridgehead atoms. The summed E-state index contributed by atoms with van der Waals surface area (Å²) in [5.41, 5.74) is 0.544. The van der Waals surface area contributed by atoms with Gasteiger partial charge in [0, 0.05) is 18.0 Å². The number of ether oxygens (including phenoxy) is 1. The molecule has 2 heterocycles. The van der Waals surface area contributed by atoms with Crippen molar-refractivity contribution in [1.82, 2.24) is 10.6 Å². The average molecular weight is 306 g/mol. The van der Waals surface area contributed by atoms with Gasteiger partial charge in [0.1, 0.15) is 11.4 Å². The Bertz CT molecular complexity index is 553. The smallest absolute Gasteiger partial charge is 0.407 e. The number of rotatable bonds is 2. The molecule has 2 saturated heterocycles. The summed E-state index contributed by atoms with van der Waals surface area (Å²) in [4.78, 5) is 12.1. The van der Waals surface area contributed by atoms with Crippen molar-refractivity contribution in [2.24, 2.45) is 0 Å². The van der Waals surface area contributed by atoms with Gasteiger partial charge in [-0.25, -0.2) is 9.18 Å². The molecule has 2 aliphatic heterocycles. The highest BCUT2D eigenvalue weighted by Gasteiger charge is 2.48. The van der Waals surface area contributed by atoms with Crippen molar-refractivity contribution in [2.45, 2.75) is 63.3 Å². The predicted octanol–water partition coefficient (Wildman–Crippen LogP) is 2.94. The highest BCUT2D eigenvalue weighted by Crippen LogP contribution is 2.40. The fourth-order valence-electron chi connectivity index (χ4n) is 3.63. The van der Waals surface area contributed by atoms with Crippen molar-refractivity contribution in [3.8, 4) is 0 Å². The lowest BCUT2D eigenvalue weighted by Crippen LogP contribution is -2.48. The zero-order chi connectivity index (χ0) is 15.9. The second-order valence-corrected chi connectivity index (χ2v) is 7.21. The van der Waals surface area contributed by atoms with E-state index >= 15 is 0 Å². The summed E-state index contributed by atoms with van der Waals surface area (Å²) in [6.07, 6.45) is 1.74. The second kappa shape index (κ2) is 5.54. The number of hydrogen-bond donors (Lipinski definition) is 2. The van der Waals surface area contributed by atoms with Crippen LogP contribution in [0.2, 0.25) is 0 Å². The van der Waals surface area contributed by atoms with Crippen LogP contribution in [-0.4, -0.2) is 29.8 Å². The van der Waals surface area contributed by atoms with Gasteiger partial charge in [-0.1, -0.05) is 12.1 Å². The van der Waals surface area contributed by atoms with Gasteiger partial charge in [0.05, 0.1) is 6.04 Å². The van der Waals surface area contributed by atoms with Crippen molar-refractivity contribution in [3.63, 3.8) is 0 Å². The van der Waals surface area contributed by atoms with Crippen LogP contribution in [0.4, 0.5) is 9.18 Å². The molecule has 2 aliphatic rings. The molecule has 2 N–H and O–H groups in total. The molecule has 5 heteroatoms. The van der Waals surface area contributed by atoms with Gasteiger partial charge in [-0.15, -0.1) is 0 Å². The number of halogens is 1. The molecule has 4 atom stereocenters. The molecule has 120 valence electrons. The van der Waals surface area contributed by atoms with E-state index in [0.29, 0.717) is 6.04 Å². The highest BCUT2D eigenvalue weighted by molar-refractivity contribution is 5.68. The molecule has 22 heavy (non-hydrogen) atoms. The van der Waals surface area contributed by atoms with Gasteiger partial charge >= 0.3 is 6.09 Å². The van der Waals surface area contributed by atoms with E-state index in [1.807, 2.05) is 32.9 Å². The van der Waals surface area contributed by atoms with E-state index in [4.69, 9.17) is 4.74 Å². The van der Waals surface area contributed by atoms with E-state index in [0.717, 1.165) is 18.4 Å². The Balaban J connectivity index is 1.76. The summed E-state index contributed by atoms with van der Waals surface area (Å²) in [6.45, 7) is 5.55. The lowest BCUT2D eigenvalue weighted by Gasteiger charge is -2.31. The maximum atomic E-state index is 13.1. The lowest BCUT2D eigenvalue weighted by atomic mass is 9.80. The number of alkyl carbamates (subject to hydrolysis) is 1. The normalized spacial score (nSPS) is 30.4. The fraction of sp³-hybridized carbons (Fsp3) is 0.588. The topological polar surface area (TPSA) is 50.4 Å². The molecule has 4 nitrogen and oxygen atoms in total. The van der Waals surface area contributed by atoms with Crippen LogP contribution < -0.4 is 10.6 Å². The molecular weight excluding hydrogens is 283 g/mol. The number of carbonyl (C=O) groups excluding carboxylic acids is 1. The van der Waals surface area contributed by atoms with Gasteiger partial charge in [0.15, 0.2) is 0 Å². The van der Waals surface area contributed by atoms with Crippen LogP contribution in [0.5, 0.6) is 0 Å². The second-order valence-electron chi connectivity index (χ2n) is 7.21. The molecule has 0 spiro atoms. The first kappa shape index (κ1) is 15.3. The zero-order valence-electron chi connectivity index (χ0n) is 13.2. The minimum atomic E-state index is -0.513. The third-order valence-electron chi connectivity index (χ3n) is 4.41. The number of amides is 1. The van der Waals surface area contributed by atoms with Crippen molar-refractivity contribution >= 4 is 6.09 Å². The minimum Gasteiger partial charge on any atom is -0.444 e. The Kier molecular flexibility index (Phi) is 3.85. The van der Waals surface area contributed by atoms with Crippen LogP contribution in [0.1, 0.15) is 45.1 Å². The van der Waals surface area contributed by atoms with Crippen LogP contribution in [0.25, 0.3) is 0 Å². The molecule has 0 aliphatic carbocycles. The van der Waals surface area contributed by atoms with Crippen molar-refractivity contribution < 1.29 is 13.9 Å². The quantitative estimate of drug-likeness (QED) is 0.883. The maximum Gasteiger partial charge on any atom is 0.407 e. The molecule has 4 unspecified atom stereocenters. The van der Waals surface area contributed by atoms with Gasteiger partial charge in [-0.05, 0) is 51.3 Å². The first-order valence-corrected chi connectivity index (χ1v) is 7.84. The largest absolute Gasteiger partial charge is 0.444 e. The number of fused-ring (bicyclic) bond motifs is 2. The number of hydrogen-bond acceptors (Lipinski definition) is 3. The third-order valence-corrected chi connectivity index (χ3v) is 4.41. The third kappa shape index (κ3) is 3.09. The van der Waals surface area contributed by atoms with Crippen LogP contribution in [0.15, 0.2) is 24.3 Å². The number of carbonyl (C=O) groups is 1. The summed E-state index contributed by atoms with van der Waals surface area (Å²) < 4.78 is 18.5. The zero-order valence-corrected chi connectivity index (χ0v) is 13.2. The van der Waals surface area contributed by atoms with Crippen LogP contribution >= 0.6 is 0 Å². The summed E-state index contributed by atoms with van der Waals surface area (Å²) >= 11 is 0. The molecule has 1 aromatic carbocycles. The summed E-state index contributed by atoms with van der Waals surface area (Å²) in [5.74, 6) is -0.0802. The Morgan fingerprint density at radius 1 is 1.23 bits per heavy atom. The van der Waals surface area contributed by atoms with Crippen molar-refractivity contribution in [3.05, 3.63) is 35.6 Å². The van der Waals surface area contributed by atoms with E-state index in [1.165, 1.54) is 12.1 Å². The van der Waals surface area contributed by atoms with E-state index < -0.39 is 5.60 Å². The van der Waals surface area contributed by atoms with E-state index in [2.05, 4.69) is 10.6 Å². The molecule has 0 radical (unpaired) electrons. The van der Waals surface area contributed by atoms with Crippen molar-refractivity contribution in [2.75, 3.05) is 0 Å². The van der Waals surface area contributed by atoms with Gasteiger partial charge in [0.25, 0.3) is 0 Å². The Hall–Kier alpha value is -1.62. The van der Waals surface area contributed by atoms with E-state index in [9.17, 15) is 9.18 Å². The summed E-state index contributed by atoms with van der Waals surface area (Å²) in [6, 6.07) is 7.15. The number of nitrogens with one attached hydrogen (secondary N) is 2. The molecular formula is C17H23FN2O2.